The number of hydrogen-bond acceptors (Lipinski definition) is 2. The van der Waals surface area contributed by atoms with Crippen LogP contribution in [0.25, 0.3) is 0 Å². The fraction of sp³-hybridized carbons (Fsp3) is 0.833. The number of rotatable bonds is 5. The van der Waals surface area contributed by atoms with Crippen molar-refractivity contribution in [2.75, 3.05) is 18.4 Å². The topological polar surface area (TPSA) is 26.3 Å². The van der Waals surface area contributed by atoms with Crippen LogP contribution in [0.1, 0.15) is 6.92 Å². The van der Waals surface area contributed by atoms with Crippen molar-refractivity contribution in [3.63, 3.8) is 0 Å². The van der Waals surface area contributed by atoms with Gasteiger partial charge in [-0.3, -0.25) is 4.79 Å². The van der Waals surface area contributed by atoms with Crippen molar-refractivity contribution in [2.24, 2.45) is 5.41 Å². The third-order valence-corrected chi connectivity index (χ3v) is 2.44. The molecule has 2 nitrogen and oxygen atoms in total. The van der Waals surface area contributed by atoms with Gasteiger partial charge in [0.25, 0.3) is 6.47 Å². The first-order valence-electron chi connectivity index (χ1n) is 2.86. The van der Waals surface area contributed by atoms with Crippen molar-refractivity contribution in [2.45, 2.75) is 6.92 Å². The maximum Gasteiger partial charge on any atom is 0.293 e. The van der Waals surface area contributed by atoms with Crippen LogP contribution >= 0.6 is 23.2 Å². The summed E-state index contributed by atoms with van der Waals surface area (Å²) in [5.74, 6) is 0.786. The average Bonchev–Trinajstić information content (AvgIpc) is 2.00. The first-order valence-corrected chi connectivity index (χ1v) is 3.92. The van der Waals surface area contributed by atoms with Gasteiger partial charge in [0.1, 0.15) is 0 Å². The molecule has 0 aliphatic heterocycles. The lowest BCUT2D eigenvalue weighted by molar-refractivity contribution is -0.131. The SMILES string of the molecule is CC(CCl)(CCl)COC=O. The van der Waals surface area contributed by atoms with Crippen molar-refractivity contribution in [1.82, 2.24) is 0 Å². The van der Waals surface area contributed by atoms with Crippen LogP contribution in [-0.2, 0) is 9.53 Å². The van der Waals surface area contributed by atoms with E-state index in [2.05, 4.69) is 4.74 Å². The normalized spacial score (nSPS) is 11.1. The number of carbonyl (C=O) groups is 1. The van der Waals surface area contributed by atoms with Gasteiger partial charge in [-0.25, -0.2) is 0 Å². The molecule has 10 heavy (non-hydrogen) atoms. The van der Waals surface area contributed by atoms with Crippen molar-refractivity contribution in [3.8, 4) is 0 Å². The smallest absolute Gasteiger partial charge is 0.293 e. The molecule has 0 heterocycles. The Morgan fingerprint density at radius 1 is 1.50 bits per heavy atom. The highest BCUT2D eigenvalue weighted by molar-refractivity contribution is 6.21. The summed E-state index contributed by atoms with van der Waals surface area (Å²) >= 11 is 11.1. The largest absolute Gasteiger partial charge is 0.467 e. The summed E-state index contributed by atoms with van der Waals surface area (Å²) < 4.78 is 4.53. The second kappa shape index (κ2) is 4.80. The Morgan fingerprint density at radius 2 is 2.00 bits per heavy atom. The van der Waals surface area contributed by atoms with Gasteiger partial charge in [-0.15, -0.1) is 23.2 Å². The second-order valence-corrected chi connectivity index (χ2v) is 3.02. The minimum absolute atomic E-state index is 0.281. The van der Waals surface area contributed by atoms with Crippen LogP contribution < -0.4 is 0 Å². The van der Waals surface area contributed by atoms with E-state index in [1.807, 2.05) is 6.92 Å². The molecule has 0 aliphatic rings. The lowest BCUT2D eigenvalue weighted by Gasteiger charge is -2.21. The minimum atomic E-state index is -0.288. The summed E-state index contributed by atoms with van der Waals surface area (Å²) in [5.41, 5.74) is -0.288. The van der Waals surface area contributed by atoms with Gasteiger partial charge in [-0.2, -0.15) is 0 Å². The maximum atomic E-state index is 9.77. The van der Waals surface area contributed by atoms with E-state index in [0.29, 0.717) is 18.2 Å². The molecule has 0 aliphatic carbocycles. The number of ether oxygens (including phenoxy) is 1. The van der Waals surface area contributed by atoms with Gasteiger partial charge in [0.05, 0.1) is 6.61 Å². The van der Waals surface area contributed by atoms with Crippen LogP contribution in [0.3, 0.4) is 0 Å². The van der Waals surface area contributed by atoms with Gasteiger partial charge in [0, 0.05) is 17.2 Å². The zero-order valence-electron chi connectivity index (χ0n) is 5.77. The Labute approximate surface area is 70.4 Å². The van der Waals surface area contributed by atoms with E-state index in [0.717, 1.165) is 0 Å². The van der Waals surface area contributed by atoms with E-state index in [1.165, 1.54) is 0 Å². The van der Waals surface area contributed by atoms with E-state index < -0.39 is 0 Å². The van der Waals surface area contributed by atoms with E-state index in [9.17, 15) is 4.79 Å². The fourth-order valence-electron chi connectivity index (χ4n) is 0.348. The van der Waals surface area contributed by atoms with Crippen LogP contribution in [0.4, 0.5) is 0 Å². The standard InChI is InChI=1S/C6H10Cl2O2/c1-6(2-7,3-8)4-10-5-9/h5H,2-4H2,1H3. The molecule has 60 valence electrons. The summed E-state index contributed by atoms with van der Waals surface area (Å²) in [6.45, 7) is 2.54. The summed E-state index contributed by atoms with van der Waals surface area (Å²) in [6, 6.07) is 0. The van der Waals surface area contributed by atoms with Crippen molar-refractivity contribution in [3.05, 3.63) is 0 Å². The number of alkyl halides is 2. The highest BCUT2D eigenvalue weighted by atomic mass is 35.5. The third-order valence-electron chi connectivity index (χ3n) is 1.15. The Morgan fingerprint density at radius 3 is 2.30 bits per heavy atom. The van der Waals surface area contributed by atoms with Crippen LogP contribution in [0.15, 0.2) is 0 Å². The molecule has 0 aromatic carbocycles. The predicted octanol–water partition coefficient (Wildman–Crippen LogP) is 1.64. The predicted molar refractivity (Wildman–Crippen MR) is 41.6 cm³/mol. The molecule has 0 saturated carbocycles. The van der Waals surface area contributed by atoms with Crippen LogP contribution in [-0.4, -0.2) is 24.8 Å². The van der Waals surface area contributed by atoms with Gasteiger partial charge in [-0.1, -0.05) is 6.92 Å². The summed E-state index contributed by atoms with van der Waals surface area (Å²) in [4.78, 5) is 9.77. The quantitative estimate of drug-likeness (QED) is 0.480. The van der Waals surface area contributed by atoms with Gasteiger partial charge >= 0.3 is 0 Å². The van der Waals surface area contributed by atoms with Gasteiger partial charge in [-0.05, 0) is 0 Å². The molecule has 0 rings (SSSR count). The van der Waals surface area contributed by atoms with Crippen LogP contribution in [0.5, 0.6) is 0 Å². The molecule has 0 unspecified atom stereocenters. The van der Waals surface area contributed by atoms with E-state index >= 15 is 0 Å². The minimum Gasteiger partial charge on any atom is -0.467 e. The molecule has 0 amide bonds. The molecule has 0 spiro atoms. The summed E-state index contributed by atoms with van der Waals surface area (Å²) in [6.07, 6.45) is 0. The molecule has 0 saturated heterocycles. The fourth-order valence-corrected chi connectivity index (χ4v) is 0.788. The number of carbonyl (C=O) groups excluding carboxylic acids is 1. The molecule has 0 N–H and O–H groups in total. The Kier molecular flexibility index (Phi) is 4.83. The second-order valence-electron chi connectivity index (χ2n) is 2.49. The molecule has 4 heteroatoms. The highest BCUT2D eigenvalue weighted by Crippen LogP contribution is 2.19. The van der Waals surface area contributed by atoms with E-state index in [4.69, 9.17) is 23.2 Å². The Bertz CT molecular complexity index is 102. The number of halogens is 2. The lowest BCUT2D eigenvalue weighted by atomic mass is 9.98. The molecule has 0 atom stereocenters. The zero-order valence-corrected chi connectivity index (χ0v) is 7.28. The summed E-state index contributed by atoms with van der Waals surface area (Å²) in [5, 5.41) is 0. The average molecular weight is 185 g/mol. The Balaban J connectivity index is 3.68. The van der Waals surface area contributed by atoms with Crippen LogP contribution in [0.2, 0.25) is 0 Å². The summed E-state index contributed by atoms with van der Waals surface area (Å²) in [7, 11) is 0. The van der Waals surface area contributed by atoms with Gasteiger partial charge in [0.15, 0.2) is 0 Å². The van der Waals surface area contributed by atoms with Gasteiger partial charge in [0.2, 0.25) is 0 Å². The third kappa shape index (κ3) is 3.28. The van der Waals surface area contributed by atoms with Crippen molar-refractivity contribution >= 4 is 29.7 Å². The molecular formula is C6H10Cl2O2. The first-order chi connectivity index (χ1) is 4.68. The highest BCUT2D eigenvalue weighted by Gasteiger charge is 2.22. The molecule has 0 aromatic rings. The molecule has 0 fully saturated rings. The maximum absolute atomic E-state index is 9.77. The first kappa shape index (κ1) is 10.0. The monoisotopic (exact) mass is 184 g/mol. The zero-order chi connectivity index (χ0) is 8.04. The van der Waals surface area contributed by atoms with E-state index in [1.54, 1.807) is 0 Å². The number of hydrogen-bond donors (Lipinski definition) is 0. The van der Waals surface area contributed by atoms with Crippen molar-refractivity contribution < 1.29 is 9.53 Å². The molecule has 0 bridgehead atoms. The van der Waals surface area contributed by atoms with E-state index in [-0.39, 0.29) is 12.0 Å². The molecule has 0 aromatic heterocycles. The van der Waals surface area contributed by atoms with Crippen molar-refractivity contribution in [1.29, 1.82) is 0 Å². The van der Waals surface area contributed by atoms with Crippen LogP contribution in [0, 0.1) is 5.41 Å². The Hall–Kier alpha value is 0.0500. The molecular weight excluding hydrogens is 175 g/mol. The lowest BCUT2D eigenvalue weighted by Crippen LogP contribution is -2.26. The van der Waals surface area contributed by atoms with Gasteiger partial charge < -0.3 is 4.74 Å². The molecule has 0 radical (unpaired) electrons.